The van der Waals surface area contributed by atoms with Gasteiger partial charge in [0.2, 0.25) is 0 Å². The fourth-order valence-electron chi connectivity index (χ4n) is 4.46. The number of fused-ring (bicyclic) bond motifs is 1. The largest absolute Gasteiger partial charge is 0.492 e. The van der Waals surface area contributed by atoms with Gasteiger partial charge in [0.05, 0.1) is 19.4 Å². The molecule has 4 rings (SSSR count). The zero-order valence-corrected chi connectivity index (χ0v) is 20.7. The van der Waals surface area contributed by atoms with Crippen LogP contribution in [-0.2, 0) is 22.3 Å². The van der Waals surface area contributed by atoms with E-state index in [1.54, 1.807) is 24.3 Å². The molecule has 0 aliphatic carbocycles. The van der Waals surface area contributed by atoms with E-state index in [-0.39, 0.29) is 12.0 Å². The highest BCUT2D eigenvalue weighted by Gasteiger charge is 2.46. The third-order valence-electron chi connectivity index (χ3n) is 6.51. The number of anilines is 1. The summed E-state index contributed by atoms with van der Waals surface area (Å²) in [5.41, 5.74) is 2.76. The van der Waals surface area contributed by atoms with Crippen molar-refractivity contribution in [2.45, 2.75) is 56.1 Å². The topological polar surface area (TPSA) is 48.0 Å². The van der Waals surface area contributed by atoms with Crippen molar-refractivity contribution in [3.63, 3.8) is 0 Å². The minimum Gasteiger partial charge on any atom is -0.492 e. The van der Waals surface area contributed by atoms with Crippen LogP contribution in [0, 0.1) is 5.92 Å². The predicted molar refractivity (Wildman–Crippen MR) is 129 cm³/mol. The summed E-state index contributed by atoms with van der Waals surface area (Å²) in [5, 5.41) is 0. The van der Waals surface area contributed by atoms with Gasteiger partial charge in [-0.05, 0) is 85.4 Å². The number of hydrogen-bond acceptors (Lipinski definition) is 6. The Balaban J connectivity index is 1.61. The second-order valence-corrected chi connectivity index (χ2v) is 9.89. The SMILES string of the molecule is CCc1ccc2c(c1)CCC(C(F)(F)F)N2Sc1ccc(OCC2CCOCC2)c(C(=O)OC)c1. The molecule has 2 aromatic rings. The second kappa shape index (κ2) is 11.1. The van der Waals surface area contributed by atoms with Crippen LogP contribution in [0.2, 0.25) is 0 Å². The third-order valence-corrected chi connectivity index (χ3v) is 7.63. The average molecular weight is 510 g/mol. The Morgan fingerprint density at radius 1 is 1.14 bits per heavy atom. The number of alkyl halides is 3. The fraction of sp³-hybridized carbons (Fsp3) is 0.500. The number of carbonyl (C=O) groups excluding carboxylic acids is 1. The minimum absolute atomic E-state index is 0.0210. The molecule has 190 valence electrons. The van der Waals surface area contributed by atoms with Gasteiger partial charge in [-0.1, -0.05) is 19.1 Å². The Kier molecular flexibility index (Phi) is 8.16. The Hall–Kier alpha value is -2.39. The lowest BCUT2D eigenvalue weighted by molar-refractivity contribution is -0.147. The number of ether oxygens (including phenoxy) is 3. The first-order valence-electron chi connectivity index (χ1n) is 11.9. The number of carbonyl (C=O) groups is 1. The van der Waals surface area contributed by atoms with Gasteiger partial charge in [0.15, 0.2) is 0 Å². The van der Waals surface area contributed by atoms with Gasteiger partial charge < -0.3 is 14.2 Å². The molecule has 1 atom stereocenters. The van der Waals surface area contributed by atoms with E-state index in [2.05, 4.69) is 0 Å². The fourth-order valence-corrected chi connectivity index (χ4v) is 5.61. The van der Waals surface area contributed by atoms with Crippen LogP contribution in [0.5, 0.6) is 5.75 Å². The summed E-state index contributed by atoms with van der Waals surface area (Å²) in [6, 6.07) is 8.89. The minimum atomic E-state index is -4.38. The van der Waals surface area contributed by atoms with Gasteiger partial charge in [-0.2, -0.15) is 13.2 Å². The molecule has 2 heterocycles. The Bertz CT molecular complexity index is 1040. The molecule has 5 nitrogen and oxygen atoms in total. The van der Waals surface area contributed by atoms with Crippen LogP contribution in [-0.4, -0.2) is 45.1 Å². The van der Waals surface area contributed by atoms with E-state index >= 15 is 0 Å². The zero-order valence-electron chi connectivity index (χ0n) is 19.9. The molecule has 35 heavy (non-hydrogen) atoms. The van der Waals surface area contributed by atoms with E-state index in [0.29, 0.717) is 48.5 Å². The van der Waals surface area contributed by atoms with Crippen LogP contribution in [0.1, 0.15) is 47.7 Å². The van der Waals surface area contributed by atoms with E-state index in [4.69, 9.17) is 14.2 Å². The summed E-state index contributed by atoms with van der Waals surface area (Å²) in [4.78, 5) is 13.0. The zero-order chi connectivity index (χ0) is 25.0. The summed E-state index contributed by atoms with van der Waals surface area (Å²) in [5.74, 6) is 0.105. The van der Waals surface area contributed by atoms with Gasteiger partial charge in [-0.3, -0.25) is 4.31 Å². The number of esters is 1. The molecule has 1 unspecified atom stereocenters. The Morgan fingerprint density at radius 2 is 1.91 bits per heavy atom. The number of hydrogen-bond donors (Lipinski definition) is 0. The maximum atomic E-state index is 14.0. The normalized spacial score (nSPS) is 18.8. The van der Waals surface area contributed by atoms with Crippen molar-refractivity contribution < 1.29 is 32.2 Å². The van der Waals surface area contributed by atoms with Crippen LogP contribution in [0.4, 0.5) is 18.9 Å². The third kappa shape index (κ3) is 6.06. The van der Waals surface area contributed by atoms with Crippen molar-refractivity contribution in [3.05, 3.63) is 53.1 Å². The summed E-state index contributed by atoms with van der Waals surface area (Å²) < 4.78 is 59.5. The molecule has 0 saturated carbocycles. The molecule has 9 heteroatoms. The van der Waals surface area contributed by atoms with Gasteiger partial charge in [0.1, 0.15) is 17.4 Å². The maximum absolute atomic E-state index is 14.0. The molecule has 0 radical (unpaired) electrons. The first kappa shape index (κ1) is 25.7. The first-order valence-corrected chi connectivity index (χ1v) is 12.7. The molecule has 2 aliphatic rings. The lowest BCUT2D eigenvalue weighted by atomic mass is 9.95. The molecule has 1 fully saturated rings. The number of methoxy groups -OCH3 is 1. The molecule has 0 amide bonds. The van der Waals surface area contributed by atoms with Crippen LogP contribution >= 0.6 is 11.9 Å². The quantitative estimate of drug-likeness (QED) is 0.326. The van der Waals surface area contributed by atoms with Gasteiger partial charge in [-0.25, -0.2) is 4.79 Å². The van der Waals surface area contributed by atoms with Crippen molar-refractivity contribution in [2.24, 2.45) is 5.92 Å². The van der Waals surface area contributed by atoms with Crippen LogP contribution in [0.15, 0.2) is 41.3 Å². The van der Waals surface area contributed by atoms with E-state index in [9.17, 15) is 18.0 Å². The van der Waals surface area contributed by atoms with Crippen molar-refractivity contribution in [1.29, 1.82) is 0 Å². The molecule has 0 aromatic heterocycles. The highest BCUT2D eigenvalue weighted by molar-refractivity contribution is 8.00. The Morgan fingerprint density at radius 3 is 2.60 bits per heavy atom. The average Bonchev–Trinajstić information content (AvgIpc) is 2.87. The molecule has 2 aromatic carbocycles. The summed E-state index contributed by atoms with van der Waals surface area (Å²) in [6.07, 6.45) is -1.44. The van der Waals surface area contributed by atoms with Gasteiger partial charge >= 0.3 is 12.1 Å². The highest BCUT2D eigenvalue weighted by atomic mass is 32.2. The summed E-state index contributed by atoms with van der Waals surface area (Å²) in [7, 11) is 1.27. The number of nitrogens with zero attached hydrogens (tertiary/aromatic N) is 1. The van der Waals surface area contributed by atoms with Crippen molar-refractivity contribution in [1.82, 2.24) is 0 Å². The molecule has 0 N–H and O–H groups in total. The summed E-state index contributed by atoms with van der Waals surface area (Å²) >= 11 is 0.986. The van der Waals surface area contributed by atoms with Crippen LogP contribution in [0.3, 0.4) is 0 Å². The lowest BCUT2D eigenvalue weighted by Gasteiger charge is -2.38. The first-order chi connectivity index (χ1) is 16.8. The van der Waals surface area contributed by atoms with Crippen molar-refractivity contribution in [2.75, 3.05) is 31.2 Å². The van der Waals surface area contributed by atoms with Crippen LogP contribution < -0.4 is 9.04 Å². The van der Waals surface area contributed by atoms with E-state index in [1.165, 1.54) is 11.4 Å². The molecular weight excluding hydrogens is 479 g/mol. The number of benzene rings is 2. The lowest BCUT2D eigenvalue weighted by Crippen LogP contribution is -2.45. The van der Waals surface area contributed by atoms with Crippen molar-refractivity contribution in [3.8, 4) is 5.75 Å². The predicted octanol–water partition coefficient (Wildman–Crippen LogP) is 6.23. The number of halogens is 3. The maximum Gasteiger partial charge on any atom is 0.409 e. The second-order valence-electron chi connectivity index (χ2n) is 8.85. The van der Waals surface area contributed by atoms with E-state index in [0.717, 1.165) is 42.3 Å². The Labute approximate surface area is 208 Å². The van der Waals surface area contributed by atoms with Gasteiger partial charge in [0, 0.05) is 18.1 Å². The van der Waals surface area contributed by atoms with E-state index in [1.807, 2.05) is 19.1 Å². The highest BCUT2D eigenvalue weighted by Crippen LogP contribution is 2.44. The van der Waals surface area contributed by atoms with E-state index < -0.39 is 18.2 Å². The molecular formula is C26H30F3NO4S. The standard InChI is InChI=1S/C26H30F3NO4S/c1-3-17-4-7-22-19(14-17)5-9-24(26(27,28)29)30(22)35-20-6-8-23(21(15-20)25(31)32-2)34-16-18-10-12-33-13-11-18/h4,6-8,14-15,18,24H,3,5,9-13,16H2,1-2H3. The summed E-state index contributed by atoms with van der Waals surface area (Å²) in [6.45, 7) is 3.83. The molecule has 1 saturated heterocycles. The van der Waals surface area contributed by atoms with Gasteiger partial charge in [0.25, 0.3) is 0 Å². The smallest absolute Gasteiger partial charge is 0.409 e. The number of rotatable bonds is 7. The molecule has 2 aliphatic heterocycles. The van der Waals surface area contributed by atoms with Gasteiger partial charge in [-0.15, -0.1) is 0 Å². The molecule has 0 spiro atoms. The number of aryl methyl sites for hydroxylation is 2. The molecule has 0 bridgehead atoms. The monoisotopic (exact) mass is 509 g/mol. The van der Waals surface area contributed by atoms with Crippen molar-refractivity contribution >= 4 is 23.6 Å². The van der Waals surface area contributed by atoms with Crippen LogP contribution in [0.25, 0.3) is 0 Å².